The Morgan fingerprint density at radius 2 is 2.17 bits per heavy atom. The lowest BCUT2D eigenvalue weighted by atomic mass is 10.1. The van der Waals surface area contributed by atoms with Crippen molar-refractivity contribution < 1.29 is 23.5 Å². The van der Waals surface area contributed by atoms with Crippen LogP contribution in [0.1, 0.15) is 23.7 Å². The molecule has 30 heavy (non-hydrogen) atoms. The molecule has 0 saturated heterocycles. The van der Waals surface area contributed by atoms with Crippen LogP contribution in [0.25, 0.3) is 11.3 Å². The number of hydrogen-bond acceptors (Lipinski definition) is 9. The third-order valence-corrected chi connectivity index (χ3v) is 6.01. The molecule has 0 saturated carbocycles. The van der Waals surface area contributed by atoms with Crippen LogP contribution in [0.3, 0.4) is 0 Å². The summed E-state index contributed by atoms with van der Waals surface area (Å²) in [6.07, 6.45) is 1.65. The Morgan fingerprint density at radius 3 is 3.07 bits per heavy atom. The molecule has 0 aliphatic carbocycles. The van der Waals surface area contributed by atoms with Crippen LogP contribution < -0.4 is 15.0 Å². The predicted molar refractivity (Wildman–Crippen MR) is 105 cm³/mol. The van der Waals surface area contributed by atoms with Gasteiger partial charge in [0.15, 0.2) is 22.4 Å². The first-order valence-electron chi connectivity index (χ1n) is 9.30. The van der Waals surface area contributed by atoms with Crippen LogP contribution in [0.4, 0.5) is 0 Å². The minimum atomic E-state index is -0.408. The molecule has 3 aromatic rings. The van der Waals surface area contributed by atoms with Crippen molar-refractivity contribution in [3.05, 3.63) is 52.1 Å². The Kier molecular flexibility index (Phi) is 4.70. The summed E-state index contributed by atoms with van der Waals surface area (Å²) in [4.78, 5) is 28.9. The lowest BCUT2D eigenvalue weighted by Gasteiger charge is -2.12. The number of thioether (sulfide) groups is 1. The van der Waals surface area contributed by atoms with Gasteiger partial charge in [0.2, 0.25) is 6.79 Å². The zero-order valence-electron chi connectivity index (χ0n) is 16.0. The fourth-order valence-corrected chi connectivity index (χ4v) is 4.45. The molecule has 154 valence electrons. The molecular formula is C20H17N3O6S. The molecule has 4 heterocycles. The van der Waals surface area contributed by atoms with Crippen molar-refractivity contribution in [2.45, 2.75) is 31.1 Å². The molecule has 5 rings (SSSR count). The number of esters is 1. The van der Waals surface area contributed by atoms with Gasteiger partial charge in [-0.15, -0.1) is 0 Å². The number of aromatic nitrogens is 3. The number of aryl methyl sites for hydroxylation is 1. The van der Waals surface area contributed by atoms with Crippen LogP contribution in [0.2, 0.25) is 0 Å². The van der Waals surface area contributed by atoms with Gasteiger partial charge in [-0.2, -0.15) is 0 Å². The number of rotatable bonds is 5. The maximum Gasteiger partial charge on any atom is 0.308 e. The van der Waals surface area contributed by atoms with E-state index < -0.39 is 5.97 Å². The average Bonchev–Trinajstić information content (AvgIpc) is 3.48. The van der Waals surface area contributed by atoms with Gasteiger partial charge in [-0.25, -0.2) is 4.98 Å². The largest absolute Gasteiger partial charge is 0.459 e. The van der Waals surface area contributed by atoms with E-state index in [2.05, 4.69) is 10.1 Å². The van der Waals surface area contributed by atoms with Gasteiger partial charge in [0, 0.05) is 29.1 Å². The SMILES string of the molecule is Cc1cnc2n(c1=O)[C@@H](CC(=O)OCc1cc(-c3ccc4c(c3)OCO4)on1)CS2. The second kappa shape index (κ2) is 7.52. The quantitative estimate of drug-likeness (QED) is 0.449. The molecule has 10 heteroatoms. The molecule has 9 nitrogen and oxygen atoms in total. The number of hydrogen-bond donors (Lipinski definition) is 0. The van der Waals surface area contributed by atoms with Gasteiger partial charge in [-0.05, 0) is 25.1 Å². The first kappa shape index (κ1) is 18.7. The van der Waals surface area contributed by atoms with Crippen molar-refractivity contribution in [1.29, 1.82) is 0 Å². The van der Waals surface area contributed by atoms with E-state index in [9.17, 15) is 9.59 Å². The van der Waals surface area contributed by atoms with Crippen LogP contribution in [-0.2, 0) is 16.1 Å². The molecule has 2 aromatic heterocycles. The Hall–Kier alpha value is -3.27. The number of carbonyl (C=O) groups excluding carboxylic acids is 1. The highest BCUT2D eigenvalue weighted by molar-refractivity contribution is 7.99. The average molecular weight is 427 g/mol. The first-order valence-corrected chi connectivity index (χ1v) is 10.3. The normalized spacial score (nSPS) is 16.5. The Bertz CT molecular complexity index is 1190. The van der Waals surface area contributed by atoms with E-state index in [1.54, 1.807) is 29.8 Å². The van der Waals surface area contributed by atoms with Crippen LogP contribution in [0.5, 0.6) is 11.5 Å². The van der Waals surface area contributed by atoms with Crippen molar-refractivity contribution in [2.75, 3.05) is 12.5 Å². The molecule has 2 aliphatic rings. The summed E-state index contributed by atoms with van der Waals surface area (Å²) in [6.45, 7) is 1.89. The molecule has 0 unspecified atom stereocenters. The van der Waals surface area contributed by atoms with Gasteiger partial charge in [-0.1, -0.05) is 16.9 Å². The Labute approximate surface area is 174 Å². The summed E-state index contributed by atoms with van der Waals surface area (Å²) in [5, 5.41) is 4.59. The van der Waals surface area contributed by atoms with E-state index in [4.69, 9.17) is 18.7 Å². The fraction of sp³-hybridized carbons (Fsp3) is 0.300. The smallest absolute Gasteiger partial charge is 0.308 e. The van der Waals surface area contributed by atoms with Crippen molar-refractivity contribution in [2.24, 2.45) is 0 Å². The lowest BCUT2D eigenvalue weighted by molar-refractivity contribution is -0.145. The summed E-state index contributed by atoms with van der Waals surface area (Å²) in [7, 11) is 0. The first-order chi connectivity index (χ1) is 14.6. The molecule has 0 N–H and O–H groups in total. The van der Waals surface area contributed by atoms with Gasteiger partial charge in [0.1, 0.15) is 12.3 Å². The van der Waals surface area contributed by atoms with Crippen LogP contribution >= 0.6 is 11.8 Å². The number of carbonyl (C=O) groups is 1. The van der Waals surface area contributed by atoms with Crippen LogP contribution in [0.15, 0.2) is 44.9 Å². The maximum atomic E-state index is 12.4. The molecule has 0 fully saturated rings. The Balaban J connectivity index is 1.21. The summed E-state index contributed by atoms with van der Waals surface area (Å²) < 4.78 is 22.9. The standard InChI is InChI=1S/C20H17N3O6S/c1-11-7-21-20-23(19(11)25)14(9-30-20)6-18(24)26-8-13-5-16(29-22-13)12-2-3-15-17(4-12)28-10-27-15/h2-5,7,14H,6,8-10H2,1H3/t14-/m0/s1. The van der Waals surface area contributed by atoms with Crippen molar-refractivity contribution in [3.8, 4) is 22.8 Å². The molecule has 0 radical (unpaired) electrons. The lowest BCUT2D eigenvalue weighted by Crippen LogP contribution is -2.27. The number of fused-ring (bicyclic) bond motifs is 2. The van der Waals surface area contributed by atoms with E-state index in [0.29, 0.717) is 39.4 Å². The summed E-state index contributed by atoms with van der Waals surface area (Å²) in [5.41, 5.74) is 1.71. The number of ether oxygens (including phenoxy) is 3. The molecule has 2 aliphatic heterocycles. The van der Waals surface area contributed by atoms with Crippen LogP contribution in [0, 0.1) is 6.92 Å². The van der Waals surface area contributed by atoms with E-state index in [-0.39, 0.29) is 31.4 Å². The van der Waals surface area contributed by atoms with Gasteiger partial charge < -0.3 is 18.7 Å². The Morgan fingerprint density at radius 1 is 1.30 bits per heavy atom. The summed E-state index contributed by atoms with van der Waals surface area (Å²) in [6, 6.07) is 6.90. The minimum absolute atomic E-state index is 0.0133. The number of benzene rings is 1. The molecule has 1 aromatic carbocycles. The zero-order valence-corrected chi connectivity index (χ0v) is 16.8. The van der Waals surface area contributed by atoms with Crippen molar-refractivity contribution >= 4 is 17.7 Å². The monoisotopic (exact) mass is 427 g/mol. The number of nitrogens with zero attached hydrogens (tertiary/aromatic N) is 3. The van der Waals surface area contributed by atoms with Crippen molar-refractivity contribution in [3.63, 3.8) is 0 Å². The van der Waals surface area contributed by atoms with Gasteiger partial charge in [0.25, 0.3) is 5.56 Å². The third-order valence-electron chi connectivity index (χ3n) is 4.90. The van der Waals surface area contributed by atoms with E-state index in [1.807, 2.05) is 12.1 Å². The van der Waals surface area contributed by atoms with Gasteiger partial charge in [-0.3, -0.25) is 14.2 Å². The third kappa shape index (κ3) is 3.43. The van der Waals surface area contributed by atoms with Crippen molar-refractivity contribution in [1.82, 2.24) is 14.7 Å². The van der Waals surface area contributed by atoms with E-state index >= 15 is 0 Å². The topological polar surface area (TPSA) is 106 Å². The molecule has 0 spiro atoms. The summed E-state index contributed by atoms with van der Waals surface area (Å²) in [5.74, 6) is 2.07. The zero-order chi connectivity index (χ0) is 20.7. The van der Waals surface area contributed by atoms with E-state index in [0.717, 1.165) is 5.56 Å². The highest BCUT2D eigenvalue weighted by Gasteiger charge is 2.28. The highest BCUT2D eigenvalue weighted by Crippen LogP contribution is 2.36. The van der Waals surface area contributed by atoms with Gasteiger partial charge in [0.05, 0.1) is 12.5 Å². The molecule has 1 atom stereocenters. The fourth-order valence-electron chi connectivity index (χ4n) is 3.34. The van der Waals surface area contributed by atoms with Gasteiger partial charge >= 0.3 is 5.97 Å². The molecular weight excluding hydrogens is 410 g/mol. The highest BCUT2D eigenvalue weighted by atomic mass is 32.2. The molecule has 0 amide bonds. The second-order valence-corrected chi connectivity index (χ2v) is 7.97. The molecule has 0 bridgehead atoms. The second-order valence-electron chi connectivity index (χ2n) is 6.98. The maximum absolute atomic E-state index is 12.4. The minimum Gasteiger partial charge on any atom is -0.459 e. The van der Waals surface area contributed by atoms with E-state index in [1.165, 1.54) is 11.8 Å². The predicted octanol–water partition coefficient (Wildman–Crippen LogP) is 2.72. The summed E-state index contributed by atoms with van der Waals surface area (Å²) >= 11 is 1.46. The van der Waals surface area contributed by atoms with Crippen LogP contribution in [-0.4, -0.2) is 33.2 Å².